The van der Waals surface area contributed by atoms with Crippen molar-refractivity contribution >= 4 is 16.5 Å². The van der Waals surface area contributed by atoms with Gasteiger partial charge in [-0.25, -0.2) is 0 Å². The molecular formula is C14H21NOS. The van der Waals surface area contributed by atoms with Gasteiger partial charge in [-0.3, -0.25) is 4.21 Å². The summed E-state index contributed by atoms with van der Waals surface area (Å²) in [5, 5.41) is 0. The van der Waals surface area contributed by atoms with Crippen molar-refractivity contribution in [2.75, 3.05) is 11.5 Å². The fourth-order valence-corrected chi connectivity index (χ4v) is 3.94. The summed E-state index contributed by atoms with van der Waals surface area (Å²) in [6.07, 6.45) is 6.47. The minimum Gasteiger partial charge on any atom is -0.399 e. The van der Waals surface area contributed by atoms with E-state index in [1.165, 1.54) is 32.1 Å². The van der Waals surface area contributed by atoms with Crippen LogP contribution in [0.4, 0.5) is 5.69 Å². The molecule has 2 N–H and O–H groups in total. The molecule has 1 unspecified atom stereocenters. The smallest absolute Gasteiger partial charge is 0.0532 e. The zero-order valence-corrected chi connectivity index (χ0v) is 11.3. The van der Waals surface area contributed by atoms with E-state index < -0.39 is 10.8 Å². The van der Waals surface area contributed by atoms with Gasteiger partial charge in [-0.15, -0.1) is 0 Å². The Morgan fingerprint density at radius 2 is 2.00 bits per heavy atom. The molecule has 0 heterocycles. The number of nitrogen functional groups attached to an aromatic ring is 1. The highest BCUT2D eigenvalue weighted by molar-refractivity contribution is 7.85. The van der Waals surface area contributed by atoms with Crippen LogP contribution in [0, 0.1) is 12.8 Å². The summed E-state index contributed by atoms with van der Waals surface area (Å²) >= 11 is 0. The summed E-state index contributed by atoms with van der Waals surface area (Å²) in [6, 6.07) is 5.74. The zero-order chi connectivity index (χ0) is 12.3. The molecule has 94 valence electrons. The molecule has 1 aliphatic rings. The van der Waals surface area contributed by atoms with E-state index in [4.69, 9.17) is 5.73 Å². The minimum atomic E-state index is -0.855. The zero-order valence-electron chi connectivity index (χ0n) is 10.4. The SMILES string of the molecule is Cc1cc(S(=O)CC2CCCCC2)ccc1N. The summed E-state index contributed by atoms with van der Waals surface area (Å²) in [7, 11) is -0.855. The molecule has 2 nitrogen and oxygen atoms in total. The van der Waals surface area contributed by atoms with Gasteiger partial charge in [0.25, 0.3) is 0 Å². The maximum absolute atomic E-state index is 12.2. The first kappa shape index (κ1) is 12.6. The molecule has 1 aromatic rings. The normalized spacial score (nSPS) is 19.1. The molecule has 2 rings (SSSR count). The number of anilines is 1. The summed E-state index contributed by atoms with van der Waals surface area (Å²) in [5.41, 5.74) is 7.58. The number of hydrogen-bond donors (Lipinski definition) is 1. The third kappa shape index (κ3) is 3.32. The highest BCUT2D eigenvalue weighted by Crippen LogP contribution is 2.26. The molecule has 3 heteroatoms. The molecule has 0 aromatic heterocycles. The molecule has 0 spiro atoms. The summed E-state index contributed by atoms with van der Waals surface area (Å²) < 4.78 is 12.2. The van der Waals surface area contributed by atoms with Crippen molar-refractivity contribution in [3.63, 3.8) is 0 Å². The molecular weight excluding hydrogens is 230 g/mol. The molecule has 1 fully saturated rings. The Morgan fingerprint density at radius 1 is 1.29 bits per heavy atom. The van der Waals surface area contributed by atoms with Crippen LogP contribution in [0.15, 0.2) is 23.1 Å². The van der Waals surface area contributed by atoms with E-state index in [-0.39, 0.29) is 0 Å². The Bertz CT molecular complexity index is 411. The van der Waals surface area contributed by atoms with Crippen LogP contribution in [0.25, 0.3) is 0 Å². The van der Waals surface area contributed by atoms with Crippen LogP contribution in [0.5, 0.6) is 0 Å². The lowest BCUT2D eigenvalue weighted by atomic mass is 9.91. The van der Waals surface area contributed by atoms with Crippen LogP contribution in [-0.2, 0) is 10.8 Å². The van der Waals surface area contributed by atoms with Crippen molar-refractivity contribution < 1.29 is 4.21 Å². The van der Waals surface area contributed by atoms with Crippen molar-refractivity contribution in [3.05, 3.63) is 23.8 Å². The number of hydrogen-bond acceptors (Lipinski definition) is 2. The topological polar surface area (TPSA) is 43.1 Å². The van der Waals surface area contributed by atoms with Crippen LogP contribution in [0.3, 0.4) is 0 Å². The maximum atomic E-state index is 12.2. The van der Waals surface area contributed by atoms with Crippen molar-refractivity contribution in [2.24, 2.45) is 5.92 Å². The first-order valence-electron chi connectivity index (χ1n) is 6.41. The van der Waals surface area contributed by atoms with Gasteiger partial charge in [0.2, 0.25) is 0 Å². The summed E-state index contributed by atoms with van der Waals surface area (Å²) in [5.74, 6) is 1.48. The minimum absolute atomic E-state index is 0.655. The van der Waals surface area contributed by atoms with Crippen molar-refractivity contribution in [2.45, 2.75) is 43.9 Å². The second-order valence-corrected chi connectivity index (χ2v) is 6.53. The highest BCUT2D eigenvalue weighted by Gasteiger charge is 2.17. The van der Waals surface area contributed by atoms with Crippen LogP contribution in [0.1, 0.15) is 37.7 Å². The van der Waals surface area contributed by atoms with Gasteiger partial charge in [-0.1, -0.05) is 19.3 Å². The van der Waals surface area contributed by atoms with E-state index in [0.29, 0.717) is 5.92 Å². The molecule has 0 aliphatic heterocycles. The van der Waals surface area contributed by atoms with Gasteiger partial charge >= 0.3 is 0 Å². The number of rotatable bonds is 3. The van der Waals surface area contributed by atoms with E-state index in [0.717, 1.165) is 21.9 Å². The Kier molecular flexibility index (Phi) is 4.21. The lowest BCUT2D eigenvalue weighted by Gasteiger charge is -2.21. The highest BCUT2D eigenvalue weighted by atomic mass is 32.2. The van der Waals surface area contributed by atoms with Crippen molar-refractivity contribution in [3.8, 4) is 0 Å². The molecule has 0 saturated heterocycles. The first-order valence-corrected chi connectivity index (χ1v) is 7.73. The fraction of sp³-hybridized carbons (Fsp3) is 0.571. The monoisotopic (exact) mass is 251 g/mol. The van der Waals surface area contributed by atoms with E-state index in [1.54, 1.807) is 0 Å². The van der Waals surface area contributed by atoms with Gasteiger partial charge < -0.3 is 5.73 Å². The Hall–Kier alpha value is -0.830. The van der Waals surface area contributed by atoms with Crippen LogP contribution in [0.2, 0.25) is 0 Å². The van der Waals surface area contributed by atoms with Gasteiger partial charge in [0.05, 0.1) is 10.8 Å². The quantitative estimate of drug-likeness (QED) is 0.838. The predicted octanol–water partition coefficient (Wildman–Crippen LogP) is 3.27. The third-order valence-corrected chi connectivity index (χ3v) is 5.17. The van der Waals surface area contributed by atoms with Crippen LogP contribution >= 0.6 is 0 Å². The summed E-state index contributed by atoms with van der Waals surface area (Å²) in [6.45, 7) is 1.97. The molecule has 1 saturated carbocycles. The number of benzene rings is 1. The number of nitrogens with two attached hydrogens (primary N) is 1. The predicted molar refractivity (Wildman–Crippen MR) is 73.4 cm³/mol. The molecule has 0 radical (unpaired) electrons. The van der Waals surface area contributed by atoms with Gasteiger partial charge in [0, 0.05) is 16.3 Å². The maximum Gasteiger partial charge on any atom is 0.0532 e. The Labute approximate surface area is 106 Å². The van der Waals surface area contributed by atoms with Crippen LogP contribution in [-0.4, -0.2) is 9.96 Å². The summed E-state index contributed by atoms with van der Waals surface area (Å²) in [4.78, 5) is 0.933. The molecule has 0 amide bonds. The Balaban J connectivity index is 2.01. The first-order chi connectivity index (χ1) is 8.16. The van der Waals surface area contributed by atoms with Gasteiger partial charge in [0.1, 0.15) is 0 Å². The average Bonchev–Trinajstić information content (AvgIpc) is 2.34. The lowest BCUT2D eigenvalue weighted by Crippen LogP contribution is -2.14. The average molecular weight is 251 g/mol. The van der Waals surface area contributed by atoms with E-state index in [1.807, 2.05) is 25.1 Å². The van der Waals surface area contributed by atoms with Gasteiger partial charge in [-0.2, -0.15) is 0 Å². The molecule has 1 aromatic carbocycles. The standard InChI is InChI=1S/C14H21NOS/c1-11-9-13(7-8-14(11)15)17(16)10-12-5-3-2-4-6-12/h7-9,12H,2-6,10,15H2,1H3. The second-order valence-electron chi connectivity index (χ2n) is 5.03. The van der Waals surface area contributed by atoms with Crippen molar-refractivity contribution in [1.29, 1.82) is 0 Å². The lowest BCUT2D eigenvalue weighted by molar-refractivity contribution is 0.388. The fourth-order valence-electron chi connectivity index (χ4n) is 2.45. The van der Waals surface area contributed by atoms with E-state index in [9.17, 15) is 4.21 Å². The second kappa shape index (κ2) is 5.67. The van der Waals surface area contributed by atoms with Crippen molar-refractivity contribution in [1.82, 2.24) is 0 Å². The van der Waals surface area contributed by atoms with Gasteiger partial charge in [0.15, 0.2) is 0 Å². The van der Waals surface area contributed by atoms with E-state index >= 15 is 0 Å². The molecule has 1 aliphatic carbocycles. The largest absolute Gasteiger partial charge is 0.399 e. The van der Waals surface area contributed by atoms with Gasteiger partial charge in [-0.05, 0) is 49.4 Å². The third-order valence-electron chi connectivity index (χ3n) is 3.62. The number of aryl methyl sites for hydroxylation is 1. The molecule has 1 atom stereocenters. The van der Waals surface area contributed by atoms with E-state index in [2.05, 4.69) is 0 Å². The van der Waals surface area contributed by atoms with Crippen LogP contribution < -0.4 is 5.73 Å². The molecule has 17 heavy (non-hydrogen) atoms. The molecule has 0 bridgehead atoms. The Morgan fingerprint density at radius 3 is 2.65 bits per heavy atom.